The van der Waals surface area contributed by atoms with Crippen LogP contribution >= 0.6 is 12.2 Å². The first-order valence-corrected chi connectivity index (χ1v) is 6.01. The normalized spacial score (nSPS) is 10.4. The Morgan fingerprint density at radius 3 is 2.47 bits per heavy atom. The number of likely N-dealkylation sites (N-methyl/N-ethyl adjacent to an activating group) is 1. The van der Waals surface area contributed by atoms with Crippen molar-refractivity contribution in [3.8, 4) is 5.75 Å². The third-order valence-electron chi connectivity index (χ3n) is 2.44. The molecule has 0 atom stereocenters. The minimum absolute atomic E-state index is 0.261. The molecule has 0 heterocycles. The van der Waals surface area contributed by atoms with Crippen molar-refractivity contribution in [1.82, 2.24) is 5.32 Å². The van der Waals surface area contributed by atoms with Crippen LogP contribution in [0.3, 0.4) is 0 Å². The summed E-state index contributed by atoms with van der Waals surface area (Å²) in [7, 11) is 6.12. The number of aromatic hydroxyl groups is 1. The summed E-state index contributed by atoms with van der Waals surface area (Å²) in [6, 6.07) is 6.97. The van der Waals surface area contributed by atoms with Gasteiger partial charge in [-0.1, -0.05) is 0 Å². The summed E-state index contributed by atoms with van der Waals surface area (Å²) in [5.74, 6) is 0.261. The molecule has 0 spiro atoms. The molecule has 0 aliphatic carbocycles. The van der Waals surface area contributed by atoms with Crippen LogP contribution in [0.2, 0.25) is 0 Å². The van der Waals surface area contributed by atoms with Gasteiger partial charge in [-0.25, -0.2) is 0 Å². The van der Waals surface area contributed by atoms with E-state index in [2.05, 4.69) is 19.4 Å². The van der Waals surface area contributed by atoms with Crippen molar-refractivity contribution in [3.63, 3.8) is 0 Å². The number of quaternary nitrogens is 1. The monoisotopic (exact) mass is 254 g/mol. The molecule has 94 valence electrons. The number of hydrogen-bond donors (Lipinski definition) is 3. The zero-order valence-corrected chi connectivity index (χ0v) is 11.3. The van der Waals surface area contributed by atoms with E-state index in [1.807, 2.05) is 24.1 Å². The van der Waals surface area contributed by atoms with Crippen LogP contribution in [-0.2, 0) is 0 Å². The van der Waals surface area contributed by atoms with E-state index in [0.29, 0.717) is 5.11 Å². The van der Waals surface area contributed by atoms with Gasteiger partial charge in [0.15, 0.2) is 5.11 Å². The highest BCUT2D eigenvalue weighted by atomic mass is 32.1. The van der Waals surface area contributed by atoms with Gasteiger partial charge in [-0.2, -0.15) is 0 Å². The SMILES string of the molecule is CN(C(=S)NCC[NH+](C)C)c1ccc(O)cc1. The summed E-state index contributed by atoms with van der Waals surface area (Å²) in [5, 5.41) is 13.1. The van der Waals surface area contributed by atoms with E-state index >= 15 is 0 Å². The fourth-order valence-electron chi connectivity index (χ4n) is 1.33. The molecule has 1 aromatic rings. The number of nitrogens with zero attached hydrogens (tertiary/aromatic N) is 1. The lowest BCUT2D eigenvalue weighted by atomic mass is 10.3. The van der Waals surface area contributed by atoms with E-state index < -0.39 is 0 Å². The molecular formula is C12H20N3OS+. The van der Waals surface area contributed by atoms with Gasteiger partial charge in [0.2, 0.25) is 0 Å². The van der Waals surface area contributed by atoms with Gasteiger partial charge in [-0.05, 0) is 36.5 Å². The van der Waals surface area contributed by atoms with E-state index in [1.54, 1.807) is 12.1 Å². The van der Waals surface area contributed by atoms with E-state index in [4.69, 9.17) is 12.2 Å². The lowest BCUT2D eigenvalue weighted by Gasteiger charge is -2.21. The lowest BCUT2D eigenvalue weighted by Crippen LogP contribution is -3.06. The Hall–Kier alpha value is -1.33. The fourth-order valence-corrected chi connectivity index (χ4v) is 1.54. The molecule has 1 aromatic carbocycles. The van der Waals surface area contributed by atoms with Crippen LogP contribution in [0.1, 0.15) is 0 Å². The highest BCUT2D eigenvalue weighted by Crippen LogP contribution is 2.16. The minimum atomic E-state index is 0.261. The van der Waals surface area contributed by atoms with Gasteiger partial charge < -0.3 is 20.2 Å². The molecule has 0 unspecified atom stereocenters. The molecule has 3 N–H and O–H groups in total. The predicted octanol–water partition coefficient (Wildman–Crippen LogP) is -0.153. The number of phenolic OH excluding ortho intramolecular Hbond substituents is 1. The maximum atomic E-state index is 9.21. The molecule has 0 saturated heterocycles. The van der Waals surface area contributed by atoms with Gasteiger partial charge in [0.25, 0.3) is 0 Å². The van der Waals surface area contributed by atoms with Crippen LogP contribution < -0.4 is 15.1 Å². The standard InChI is InChI=1S/C12H19N3OS/c1-14(2)9-8-13-12(17)15(3)10-4-6-11(16)7-5-10/h4-7,16H,8-9H2,1-3H3,(H,13,17)/p+1. The summed E-state index contributed by atoms with van der Waals surface area (Å²) in [6.07, 6.45) is 0. The van der Waals surface area contributed by atoms with Gasteiger partial charge in [-0.3, -0.25) is 0 Å². The summed E-state index contributed by atoms with van der Waals surface area (Å²) >= 11 is 5.29. The van der Waals surface area contributed by atoms with Crippen molar-refractivity contribution in [2.24, 2.45) is 0 Å². The topological polar surface area (TPSA) is 39.9 Å². The first kappa shape index (κ1) is 13.7. The maximum Gasteiger partial charge on any atom is 0.173 e. The van der Waals surface area contributed by atoms with Crippen LogP contribution in [0.15, 0.2) is 24.3 Å². The van der Waals surface area contributed by atoms with Crippen molar-refractivity contribution in [2.45, 2.75) is 0 Å². The smallest absolute Gasteiger partial charge is 0.173 e. The van der Waals surface area contributed by atoms with Crippen LogP contribution in [0, 0.1) is 0 Å². The molecule has 0 aliphatic rings. The van der Waals surface area contributed by atoms with Crippen LogP contribution in [-0.4, -0.2) is 44.5 Å². The number of thiocarbonyl (C=S) groups is 1. The Bertz CT molecular complexity index is 365. The van der Waals surface area contributed by atoms with Gasteiger partial charge in [0.1, 0.15) is 5.75 Å². The fraction of sp³-hybridized carbons (Fsp3) is 0.417. The minimum Gasteiger partial charge on any atom is -0.508 e. The van der Waals surface area contributed by atoms with Gasteiger partial charge in [-0.15, -0.1) is 0 Å². The first-order chi connectivity index (χ1) is 8.00. The molecular weight excluding hydrogens is 234 g/mol. The third-order valence-corrected chi connectivity index (χ3v) is 2.86. The zero-order valence-electron chi connectivity index (χ0n) is 10.5. The second-order valence-electron chi connectivity index (χ2n) is 4.26. The quantitative estimate of drug-likeness (QED) is 0.654. The maximum absolute atomic E-state index is 9.21. The summed E-state index contributed by atoms with van der Waals surface area (Å²) in [4.78, 5) is 3.27. The Kier molecular flexibility index (Phi) is 5.18. The molecule has 0 aliphatic heterocycles. The number of nitrogens with one attached hydrogen (secondary N) is 2. The number of anilines is 1. The Labute approximate surface area is 108 Å². The lowest BCUT2D eigenvalue weighted by molar-refractivity contribution is -0.856. The molecule has 0 radical (unpaired) electrons. The van der Waals surface area contributed by atoms with Gasteiger partial charge in [0.05, 0.1) is 27.2 Å². The molecule has 0 bridgehead atoms. The predicted molar refractivity (Wildman–Crippen MR) is 74.8 cm³/mol. The average molecular weight is 254 g/mol. The molecule has 5 heteroatoms. The second-order valence-corrected chi connectivity index (χ2v) is 4.65. The highest BCUT2D eigenvalue weighted by Gasteiger charge is 2.06. The third kappa shape index (κ3) is 4.58. The summed E-state index contributed by atoms with van der Waals surface area (Å²) < 4.78 is 0. The van der Waals surface area contributed by atoms with Crippen LogP contribution in [0.5, 0.6) is 5.75 Å². The molecule has 0 fully saturated rings. The van der Waals surface area contributed by atoms with Gasteiger partial charge >= 0.3 is 0 Å². The Morgan fingerprint density at radius 1 is 1.35 bits per heavy atom. The first-order valence-electron chi connectivity index (χ1n) is 5.60. The number of hydrogen-bond acceptors (Lipinski definition) is 2. The second kappa shape index (κ2) is 6.42. The van der Waals surface area contributed by atoms with Crippen molar-refractivity contribution in [1.29, 1.82) is 0 Å². The van der Waals surface area contributed by atoms with Gasteiger partial charge in [0, 0.05) is 12.7 Å². The number of benzene rings is 1. The summed E-state index contributed by atoms with van der Waals surface area (Å²) in [5.41, 5.74) is 0.956. The molecule has 0 saturated carbocycles. The zero-order chi connectivity index (χ0) is 12.8. The largest absolute Gasteiger partial charge is 0.508 e. The van der Waals surface area contributed by atoms with E-state index in [9.17, 15) is 5.11 Å². The Balaban J connectivity index is 2.49. The molecule has 1 rings (SSSR count). The molecule has 0 aromatic heterocycles. The van der Waals surface area contributed by atoms with Crippen LogP contribution in [0.4, 0.5) is 5.69 Å². The molecule has 17 heavy (non-hydrogen) atoms. The Morgan fingerprint density at radius 2 is 1.94 bits per heavy atom. The van der Waals surface area contributed by atoms with E-state index in [-0.39, 0.29) is 5.75 Å². The summed E-state index contributed by atoms with van der Waals surface area (Å²) in [6.45, 7) is 1.87. The highest BCUT2D eigenvalue weighted by molar-refractivity contribution is 7.80. The number of rotatable bonds is 4. The molecule has 4 nitrogen and oxygen atoms in total. The average Bonchev–Trinajstić information content (AvgIpc) is 2.28. The molecule has 0 amide bonds. The number of phenols is 1. The van der Waals surface area contributed by atoms with E-state index in [0.717, 1.165) is 18.8 Å². The van der Waals surface area contributed by atoms with E-state index in [1.165, 1.54) is 4.90 Å². The van der Waals surface area contributed by atoms with Crippen molar-refractivity contribution in [2.75, 3.05) is 39.1 Å². The van der Waals surface area contributed by atoms with Crippen molar-refractivity contribution >= 4 is 23.0 Å². The van der Waals surface area contributed by atoms with Crippen LogP contribution in [0.25, 0.3) is 0 Å². The van der Waals surface area contributed by atoms with Crippen molar-refractivity contribution < 1.29 is 10.0 Å². The van der Waals surface area contributed by atoms with Crippen molar-refractivity contribution in [3.05, 3.63) is 24.3 Å².